The standard InChI is InChI=1S/C17H26N6O2S.HI/c1-4-18-17(20-13-15-9-10-21-23(15)3)19-11-12-22-26(24,25)16-7-5-14(2)6-8-16;/h5-10,22H,4,11-13H2,1-3H3,(H2,18,19,20);1H. The van der Waals surface area contributed by atoms with E-state index in [0.29, 0.717) is 25.6 Å². The fourth-order valence-electron chi connectivity index (χ4n) is 2.23. The van der Waals surface area contributed by atoms with E-state index in [2.05, 4.69) is 25.4 Å². The number of aromatic nitrogens is 2. The zero-order valence-corrected chi connectivity index (χ0v) is 18.9. The Hall–Kier alpha value is -1.66. The van der Waals surface area contributed by atoms with Crippen LogP contribution >= 0.6 is 24.0 Å². The summed E-state index contributed by atoms with van der Waals surface area (Å²) in [4.78, 5) is 4.74. The van der Waals surface area contributed by atoms with Crippen molar-refractivity contribution in [2.75, 3.05) is 19.6 Å². The van der Waals surface area contributed by atoms with Crippen molar-refractivity contribution < 1.29 is 8.42 Å². The molecule has 2 rings (SSSR count). The third-order valence-electron chi connectivity index (χ3n) is 3.71. The molecular weight excluding hydrogens is 479 g/mol. The highest BCUT2D eigenvalue weighted by atomic mass is 127. The molecule has 0 radical (unpaired) electrons. The Bertz CT molecular complexity index is 833. The lowest BCUT2D eigenvalue weighted by atomic mass is 10.2. The Morgan fingerprint density at radius 3 is 2.44 bits per heavy atom. The molecule has 10 heteroatoms. The molecule has 0 saturated heterocycles. The molecule has 0 unspecified atom stereocenters. The van der Waals surface area contributed by atoms with Crippen molar-refractivity contribution >= 4 is 40.0 Å². The molecule has 0 atom stereocenters. The molecule has 3 N–H and O–H groups in total. The molecule has 0 aliphatic carbocycles. The Balaban J connectivity index is 0.00000364. The smallest absolute Gasteiger partial charge is 0.240 e. The van der Waals surface area contributed by atoms with Crippen LogP contribution in [0.3, 0.4) is 0 Å². The number of rotatable bonds is 8. The highest BCUT2D eigenvalue weighted by molar-refractivity contribution is 14.0. The number of nitrogens with zero attached hydrogens (tertiary/aromatic N) is 3. The number of halogens is 1. The number of nitrogens with one attached hydrogen (secondary N) is 3. The van der Waals surface area contributed by atoms with E-state index in [1.807, 2.05) is 27.0 Å². The first-order valence-electron chi connectivity index (χ1n) is 8.48. The first-order chi connectivity index (χ1) is 12.4. The summed E-state index contributed by atoms with van der Waals surface area (Å²) in [5.41, 5.74) is 2.01. The van der Waals surface area contributed by atoms with Gasteiger partial charge in [0.05, 0.1) is 17.1 Å². The van der Waals surface area contributed by atoms with Gasteiger partial charge < -0.3 is 10.6 Å². The van der Waals surface area contributed by atoms with Crippen LogP contribution in [0.1, 0.15) is 18.2 Å². The largest absolute Gasteiger partial charge is 0.357 e. The SMILES string of the molecule is CCNC(=NCc1ccnn1C)NCCNS(=O)(=O)c1ccc(C)cc1.I. The van der Waals surface area contributed by atoms with Gasteiger partial charge in [-0.1, -0.05) is 17.7 Å². The summed E-state index contributed by atoms with van der Waals surface area (Å²) in [6.45, 7) is 5.77. The fraction of sp³-hybridized carbons (Fsp3) is 0.412. The Kier molecular flexibility index (Phi) is 9.74. The molecule has 0 bridgehead atoms. The molecule has 0 aliphatic rings. The van der Waals surface area contributed by atoms with Crippen molar-refractivity contribution in [3.8, 4) is 0 Å². The van der Waals surface area contributed by atoms with E-state index in [1.54, 1.807) is 35.1 Å². The van der Waals surface area contributed by atoms with Crippen LogP contribution in [-0.4, -0.2) is 43.8 Å². The van der Waals surface area contributed by atoms with Gasteiger partial charge in [0.2, 0.25) is 10.0 Å². The molecule has 27 heavy (non-hydrogen) atoms. The van der Waals surface area contributed by atoms with Gasteiger partial charge in [0.25, 0.3) is 0 Å². The average Bonchev–Trinajstić information content (AvgIpc) is 3.02. The highest BCUT2D eigenvalue weighted by Gasteiger charge is 2.12. The third-order valence-corrected chi connectivity index (χ3v) is 5.18. The quantitative estimate of drug-likeness (QED) is 0.218. The van der Waals surface area contributed by atoms with Gasteiger partial charge in [0, 0.05) is 32.9 Å². The maximum Gasteiger partial charge on any atom is 0.240 e. The Morgan fingerprint density at radius 2 is 1.85 bits per heavy atom. The van der Waals surface area contributed by atoms with Gasteiger partial charge in [-0.15, -0.1) is 24.0 Å². The van der Waals surface area contributed by atoms with Crippen molar-refractivity contribution in [3.63, 3.8) is 0 Å². The first-order valence-corrected chi connectivity index (χ1v) is 9.96. The monoisotopic (exact) mass is 506 g/mol. The van der Waals surface area contributed by atoms with Crippen LogP contribution in [0.25, 0.3) is 0 Å². The summed E-state index contributed by atoms with van der Waals surface area (Å²) in [5.74, 6) is 0.628. The fourth-order valence-corrected chi connectivity index (χ4v) is 3.26. The molecule has 1 aromatic heterocycles. The maximum absolute atomic E-state index is 12.2. The van der Waals surface area contributed by atoms with Gasteiger partial charge in [-0.2, -0.15) is 5.10 Å². The van der Waals surface area contributed by atoms with E-state index < -0.39 is 10.0 Å². The zero-order valence-electron chi connectivity index (χ0n) is 15.8. The predicted molar refractivity (Wildman–Crippen MR) is 118 cm³/mol. The number of guanidine groups is 1. The Morgan fingerprint density at radius 1 is 1.15 bits per heavy atom. The topological polar surface area (TPSA) is 100 Å². The summed E-state index contributed by atoms with van der Waals surface area (Å²) < 4.78 is 28.8. The van der Waals surface area contributed by atoms with Gasteiger partial charge >= 0.3 is 0 Å². The summed E-state index contributed by atoms with van der Waals surface area (Å²) >= 11 is 0. The first kappa shape index (κ1) is 23.4. The molecule has 2 aromatic rings. The molecule has 0 saturated carbocycles. The number of aryl methyl sites for hydroxylation is 2. The minimum atomic E-state index is -3.50. The molecule has 8 nitrogen and oxygen atoms in total. The van der Waals surface area contributed by atoms with E-state index >= 15 is 0 Å². The van der Waals surface area contributed by atoms with E-state index in [1.165, 1.54) is 0 Å². The predicted octanol–water partition coefficient (Wildman–Crippen LogP) is 1.38. The number of aliphatic imine (C=N–C) groups is 1. The average molecular weight is 506 g/mol. The molecule has 0 spiro atoms. The minimum Gasteiger partial charge on any atom is -0.357 e. The van der Waals surface area contributed by atoms with Gasteiger partial charge in [0.15, 0.2) is 5.96 Å². The lowest BCUT2D eigenvalue weighted by Gasteiger charge is -2.12. The van der Waals surface area contributed by atoms with Crippen LogP contribution in [0.15, 0.2) is 46.4 Å². The maximum atomic E-state index is 12.2. The summed E-state index contributed by atoms with van der Waals surface area (Å²) in [6, 6.07) is 8.67. The lowest BCUT2D eigenvalue weighted by molar-refractivity contribution is 0.580. The van der Waals surface area contributed by atoms with E-state index in [0.717, 1.165) is 11.3 Å². The van der Waals surface area contributed by atoms with Crippen molar-refractivity contribution in [2.45, 2.75) is 25.3 Å². The van der Waals surface area contributed by atoms with Gasteiger partial charge in [-0.25, -0.2) is 18.1 Å². The van der Waals surface area contributed by atoms with Crippen LogP contribution in [0, 0.1) is 6.92 Å². The number of hydrogen-bond acceptors (Lipinski definition) is 4. The van der Waals surface area contributed by atoms with Crippen LogP contribution in [-0.2, 0) is 23.6 Å². The Labute approximate surface area is 177 Å². The molecule has 1 heterocycles. The van der Waals surface area contributed by atoms with E-state index in [-0.39, 0.29) is 35.4 Å². The van der Waals surface area contributed by atoms with Crippen LogP contribution in [0.2, 0.25) is 0 Å². The normalized spacial score (nSPS) is 11.7. The third kappa shape index (κ3) is 7.46. The van der Waals surface area contributed by atoms with Crippen LogP contribution in [0.4, 0.5) is 0 Å². The van der Waals surface area contributed by atoms with Crippen molar-refractivity contribution in [2.24, 2.45) is 12.0 Å². The molecule has 150 valence electrons. The number of hydrogen-bond donors (Lipinski definition) is 3. The van der Waals surface area contributed by atoms with Crippen molar-refractivity contribution in [3.05, 3.63) is 47.8 Å². The summed E-state index contributed by atoms with van der Waals surface area (Å²) in [7, 11) is -1.64. The van der Waals surface area contributed by atoms with Gasteiger partial charge in [-0.05, 0) is 32.0 Å². The van der Waals surface area contributed by atoms with Gasteiger partial charge in [0.1, 0.15) is 0 Å². The second-order valence-corrected chi connectivity index (χ2v) is 7.55. The molecule has 0 amide bonds. The zero-order chi connectivity index (χ0) is 19.0. The van der Waals surface area contributed by atoms with Crippen molar-refractivity contribution in [1.29, 1.82) is 0 Å². The van der Waals surface area contributed by atoms with Crippen LogP contribution in [0.5, 0.6) is 0 Å². The van der Waals surface area contributed by atoms with Crippen LogP contribution < -0.4 is 15.4 Å². The summed E-state index contributed by atoms with van der Waals surface area (Å²) in [5, 5.41) is 10.4. The second kappa shape index (κ2) is 11.2. The summed E-state index contributed by atoms with van der Waals surface area (Å²) in [6.07, 6.45) is 1.73. The number of benzene rings is 1. The minimum absolute atomic E-state index is 0. The van der Waals surface area contributed by atoms with Gasteiger partial charge in [-0.3, -0.25) is 4.68 Å². The lowest BCUT2D eigenvalue weighted by Crippen LogP contribution is -2.41. The molecule has 0 aliphatic heterocycles. The van der Waals surface area contributed by atoms with Crippen molar-refractivity contribution in [1.82, 2.24) is 25.1 Å². The molecule has 0 fully saturated rings. The second-order valence-electron chi connectivity index (χ2n) is 5.78. The van der Waals surface area contributed by atoms with E-state index in [4.69, 9.17) is 0 Å². The molecule has 1 aromatic carbocycles. The highest BCUT2D eigenvalue weighted by Crippen LogP contribution is 2.09. The van der Waals surface area contributed by atoms with E-state index in [9.17, 15) is 8.42 Å². The number of sulfonamides is 1. The molecular formula is C17H27IN6O2S.